The third-order valence-electron chi connectivity index (χ3n) is 1.35. The lowest BCUT2D eigenvalue weighted by molar-refractivity contribution is -0.870. The number of ether oxygens (including phenoxy) is 1. The molecule has 0 radical (unpaired) electrons. The van der Waals surface area contributed by atoms with Gasteiger partial charge in [0.2, 0.25) is 0 Å². The van der Waals surface area contributed by atoms with E-state index in [1.807, 2.05) is 0 Å². The van der Waals surface area contributed by atoms with Gasteiger partial charge in [-0.3, -0.25) is 0 Å². The summed E-state index contributed by atoms with van der Waals surface area (Å²) in [7, 11) is 6.56. The van der Waals surface area contributed by atoms with Crippen LogP contribution in [-0.2, 0) is 4.74 Å². The first-order chi connectivity index (χ1) is 5.06. The van der Waals surface area contributed by atoms with E-state index in [0.29, 0.717) is 6.61 Å². The molecule has 0 unspecified atom stereocenters. The van der Waals surface area contributed by atoms with Crippen molar-refractivity contribution in [3.05, 3.63) is 12.7 Å². The molecule has 66 valence electrons. The Morgan fingerprint density at radius 2 is 2.00 bits per heavy atom. The van der Waals surface area contributed by atoms with Crippen molar-refractivity contribution in [1.29, 1.82) is 0 Å². The number of rotatable bonds is 6. The van der Waals surface area contributed by atoms with Gasteiger partial charge in [0.25, 0.3) is 0 Å². The molecule has 2 heteroatoms. The first kappa shape index (κ1) is 10.7. The molecule has 0 aromatic rings. The van der Waals surface area contributed by atoms with Crippen molar-refractivity contribution in [3.63, 3.8) is 0 Å². The summed E-state index contributed by atoms with van der Waals surface area (Å²) < 4.78 is 6.26. The fraction of sp³-hybridized carbons (Fsp3) is 0.778. The van der Waals surface area contributed by atoms with Crippen LogP contribution in [0.4, 0.5) is 0 Å². The molecule has 0 saturated heterocycles. The van der Waals surface area contributed by atoms with Crippen LogP contribution in [0.3, 0.4) is 0 Å². The van der Waals surface area contributed by atoms with Crippen LogP contribution in [0.1, 0.15) is 6.42 Å². The lowest BCUT2D eigenvalue weighted by Gasteiger charge is -2.23. The quantitative estimate of drug-likeness (QED) is 0.321. The van der Waals surface area contributed by atoms with Gasteiger partial charge in [-0.05, 0) is 0 Å². The molecule has 0 aliphatic carbocycles. The minimum Gasteiger partial charge on any atom is -0.377 e. The standard InChI is InChI=1S/C9H20NO/c1-5-8-11-9-6-7-10(2,3)4/h5H,1,6-9H2,2-4H3/q+1. The monoisotopic (exact) mass is 158 g/mol. The van der Waals surface area contributed by atoms with E-state index in [-0.39, 0.29) is 0 Å². The molecule has 11 heavy (non-hydrogen) atoms. The summed E-state index contributed by atoms with van der Waals surface area (Å²) in [6.07, 6.45) is 2.91. The largest absolute Gasteiger partial charge is 0.377 e. The molecule has 0 aliphatic heterocycles. The maximum absolute atomic E-state index is 5.25. The van der Waals surface area contributed by atoms with E-state index in [4.69, 9.17) is 4.74 Å². The maximum atomic E-state index is 5.25. The Morgan fingerprint density at radius 1 is 1.36 bits per heavy atom. The molecule has 0 saturated carbocycles. The van der Waals surface area contributed by atoms with Gasteiger partial charge < -0.3 is 9.22 Å². The van der Waals surface area contributed by atoms with E-state index in [0.717, 1.165) is 24.1 Å². The minimum atomic E-state index is 0.678. The van der Waals surface area contributed by atoms with Gasteiger partial charge >= 0.3 is 0 Å². The molecule has 0 fully saturated rings. The highest BCUT2D eigenvalue weighted by Crippen LogP contribution is 1.93. The van der Waals surface area contributed by atoms with Crippen LogP contribution < -0.4 is 0 Å². The summed E-state index contributed by atoms with van der Waals surface area (Å²) in [4.78, 5) is 0. The molecule has 0 amide bonds. The van der Waals surface area contributed by atoms with Crippen molar-refractivity contribution in [2.45, 2.75) is 6.42 Å². The summed E-state index contributed by atoms with van der Waals surface area (Å²) in [5.74, 6) is 0. The Balaban J connectivity index is 3.08. The summed E-state index contributed by atoms with van der Waals surface area (Å²) in [6, 6.07) is 0. The normalized spacial score (nSPS) is 11.5. The van der Waals surface area contributed by atoms with Crippen molar-refractivity contribution >= 4 is 0 Å². The number of hydrogen-bond acceptors (Lipinski definition) is 1. The average molecular weight is 158 g/mol. The summed E-state index contributed by atoms with van der Waals surface area (Å²) in [6.45, 7) is 6.27. The molecule has 0 rings (SSSR count). The highest BCUT2D eigenvalue weighted by atomic mass is 16.5. The van der Waals surface area contributed by atoms with Crippen LogP contribution >= 0.6 is 0 Å². The van der Waals surface area contributed by atoms with Gasteiger partial charge in [-0.2, -0.15) is 0 Å². The van der Waals surface area contributed by atoms with Gasteiger partial charge in [0.05, 0.1) is 40.9 Å². The summed E-state index contributed by atoms with van der Waals surface area (Å²) in [5.41, 5.74) is 0. The van der Waals surface area contributed by atoms with Crippen LogP contribution in [0.15, 0.2) is 12.7 Å². The summed E-state index contributed by atoms with van der Waals surface area (Å²) in [5, 5.41) is 0. The molecule has 0 aliphatic rings. The molecule has 0 heterocycles. The van der Waals surface area contributed by atoms with E-state index in [1.165, 1.54) is 0 Å². The fourth-order valence-electron chi connectivity index (χ4n) is 0.808. The van der Waals surface area contributed by atoms with Gasteiger partial charge in [0, 0.05) is 6.42 Å². The Morgan fingerprint density at radius 3 is 2.45 bits per heavy atom. The second-order valence-corrected chi connectivity index (χ2v) is 3.73. The Labute approximate surface area is 70.1 Å². The Bertz CT molecular complexity index is 105. The molecule has 0 aromatic heterocycles. The van der Waals surface area contributed by atoms with Gasteiger partial charge in [0.15, 0.2) is 0 Å². The van der Waals surface area contributed by atoms with Gasteiger partial charge in [0.1, 0.15) is 0 Å². The molecule has 0 N–H and O–H groups in total. The predicted molar refractivity (Wildman–Crippen MR) is 48.5 cm³/mol. The van der Waals surface area contributed by atoms with Gasteiger partial charge in [-0.25, -0.2) is 0 Å². The molecule has 0 spiro atoms. The van der Waals surface area contributed by atoms with E-state index < -0.39 is 0 Å². The smallest absolute Gasteiger partial charge is 0.0802 e. The lowest BCUT2D eigenvalue weighted by Crippen LogP contribution is -2.35. The van der Waals surface area contributed by atoms with Gasteiger partial charge in [-0.15, -0.1) is 6.58 Å². The van der Waals surface area contributed by atoms with Gasteiger partial charge in [-0.1, -0.05) is 6.08 Å². The second kappa shape index (κ2) is 5.33. The van der Waals surface area contributed by atoms with Crippen molar-refractivity contribution < 1.29 is 9.22 Å². The lowest BCUT2D eigenvalue weighted by atomic mass is 10.4. The second-order valence-electron chi connectivity index (χ2n) is 3.73. The Kier molecular flexibility index (Phi) is 5.16. The highest BCUT2D eigenvalue weighted by molar-refractivity contribution is 4.63. The third kappa shape index (κ3) is 9.66. The molecule has 0 aromatic carbocycles. The van der Waals surface area contributed by atoms with Crippen molar-refractivity contribution in [3.8, 4) is 0 Å². The van der Waals surface area contributed by atoms with Crippen molar-refractivity contribution in [2.24, 2.45) is 0 Å². The van der Waals surface area contributed by atoms with E-state index in [9.17, 15) is 0 Å². The zero-order valence-corrected chi connectivity index (χ0v) is 7.97. The van der Waals surface area contributed by atoms with Crippen molar-refractivity contribution in [1.82, 2.24) is 0 Å². The average Bonchev–Trinajstić information content (AvgIpc) is 1.85. The van der Waals surface area contributed by atoms with Crippen molar-refractivity contribution in [2.75, 3.05) is 40.9 Å². The van der Waals surface area contributed by atoms with E-state index in [2.05, 4.69) is 27.7 Å². The SMILES string of the molecule is C=CCOCCC[N+](C)(C)C. The highest BCUT2D eigenvalue weighted by Gasteiger charge is 2.04. The Hall–Kier alpha value is -0.340. The fourth-order valence-corrected chi connectivity index (χ4v) is 0.808. The summed E-state index contributed by atoms with van der Waals surface area (Å²) >= 11 is 0. The first-order valence-corrected chi connectivity index (χ1v) is 4.05. The molecular formula is C9H20NO+. The first-order valence-electron chi connectivity index (χ1n) is 4.05. The topological polar surface area (TPSA) is 9.23 Å². The zero-order chi connectivity index (χ0) is 8.74. The maximum Gasteiger partial charge on any atom is 0.0802 e. The number of quaternary nitrogens is 1. The third-order valence-corrected chi connectivity index (χ3v) is 1.35. The molecular weight excluding hydrogens is 138 g/mol. The molecule has 0 bridgehead atoms. The zero-order valence-electron chi connectivity index (χ0n) is 7.97. The van der Waals surface area contributed by atoms with Crippen LogP contribution in [0, 0.1) is 0 Å². The minimum absolute atomic E-state index is 0.678. The van der Waals surface area contributed by atoms with Crippen LogP contribution in [-0.4, -0.2) is 45.4 Å². The number of hydrogen-bond donors (Lipinski definition) is 0. The van der Waals surface area contributed by atoms with Crippen LogP contribution in [0.5, 0.6) is 0 Å². The van der Waals surface area contributed by atoms with E-state index in [1.54, 1.807) is 6.08 Å². The number of nitrogens with zero attached hydrogens (tertiary/aromatic N) is 1. The molecule has 0 atom stereocenters. The molecule has 2 nitrogen and oxygen atoms in total. The van der Waals surface area contributed by atoms with Crippen LogP contribution in [0.2, 0.25) is 0 Å². The van der Waals surface area contributed by atoms with Crippen LogP contribution in [0.25, 0.3) is 0 Å². The van der Waals surface area contributed by atoms with E-state index >= 15 is 0 Å². The predicted octanol–water partition coefficient (Wildman–Crippen LogP) is 1.29.